The van der Waals surface area contributed by atoms with Crippen LogP contribution in [-0.2, 0) is 0 Å². The Labute approximate surface area is 159 Å². The molecule has 0 aliphatic rings. The normalized spacial score (nSPS) is 12.7. The lowest BCUT2D eigenvalue weighted by Crippen LogP contribution is -1.93. The lowest BCUT2D eigenvalue weighted by molar-refractivity contribution is 1.14. The van der Waals surface area contributed by atoms with E-state index in [4.69, 9.17) is 0 Å². The summed E-state index contributed by atoms with van der Waals surface area (Å²) in [4.78, 5) is 4.38. The van der Waals surface area contributed by atoms with E-state index in [0.29, 0.717) is 0 Å². The van der Waals surface area contributed by atoms with Crippen LogP contribution in [-0.4, -0.2) is 12.8 Å². The van der Waals surface area contributed by atoms with Gasteiger partial charge in [0.1, 0.15) is 0 Å². The van der Waals surface area contributed by atoms with Crippen LogP contribution in [0, 0.1) is 0 Å². The molecule has 1 aromatic rings. The predicted octanol–water partition coefficient (Wildman–Crippen LogP) is 7.22. The number of hydrogen-bond donors (Lipinski definition) is 0. The molecule has 1 heteroatoms. The van der Waals surface area contributed by atoms with E-state index >= 15 is 0 Å². The summed E-state index contributed by atoms with van der Waals surface area (Å²) >= 11 is 0. The summed E-state index contributed by atoms with van der Waals surface area (Å²) < 4.78 is 0. The highest BCUT2D eigenvalue weighted by Crippen LogP contribution is 2.23. The first kappa shape index (κ1) is 21.4. The van der Waals surface area contributed by atoms with Crippen molar-refractivity contribution in [3.8, 4) is 0 Å². The van der Waals surface area contributed by atoms with Gasteiger partial charge in [0.15, 0.2) is 0 Å². The van der Waals surface area contributed by atoms with Crippen molar-refractivity contribution in [2.24, 2.45) is 4.99 Å². The molecule has 0 saturated carbocycles. The van der Waals surface area contributed by atoms with E-state index in [1.807, 2.05) is 33.1 Å². The Hall–Kier alpha value is -2.67. The summed E-state index contributed by atoms with van der Waals surface area (Å²) in [6.45, 7) is 19.3. The van der Waals surface area contributed by atoms with Gasteiger partial charge in [-0.1, -0.05) is 67.3 Å². The third kappa shape index (κ3) is 6.00. The van der Waals surface area contributed by atoms with Gasteiger partial charge in [0.25, 0.3) is 0 Å². The lowest BCUT2D eigenvalue weighted by Gasteiger charge is -2.08. The second-order valence-corrected chi connectivity index (χ2v) is 6.17. The minimum atomic E-state index is 0.785. The molecular weight excluding hydrogens is 314 g/mol. The molecule has 0 saturated heterocycles. The van der Waals surface area contributed by atoms with Crippen LogP contribution in [0.15, 0.2) is 89.5 Å². The van der Waals surface area contributed by atoms with Gasteiger partial charge in [0, 0.05) is 12.8 Å². The highest BCUT2D eigenvalue weighted by atomic mass is 14.7. The Bertz CT molecular complexity index is 791. The fraction of sp³-hybridized carbons (Fsp3) is 0.240. The smallest absolute Gasteiger partial charge is 0.0361 e. The maximum atomic E-state index is 4.38. The van der Waals surface area contributed by atoms with Crippen LogP contribution in [0.4, 0.5) is 0 Å². The second-order valence-electron chi connectivity index (χ2n) is 6.17. The number of aliphatic imine (C=N–C) groups is 1. The molecule has 1 nitrogen and oxygen atoms in total. The van der Waals surface area contributed by atoms with E-state index in [9.17, 15) is 0 Å². The molecule has 1 aromatic carbocycles. The summed E-state index contributed by atoms with van der Waals surface area (Å²) in [5, 5.41) is 0. The molecular formula is C25H31N. The number of hydrogen-bond acceptors (Lipinski definition) is 1. The molecule has 136 valence electrons. The Morgan fingerprint density at radius 3 is 2.31 bits per heavy atom. The largest absolute Gasteiger partial charge is 0.293 e. The van der Waals surface area contributed by atoms with Crippen LogP contribution in [0.1, 0.15) is 45.7 Å². The van der Waals surface area contributed by atoms with Crippen molar-refractivity contribution in [1.29, 1.82) is 0 Å². The number of benzene rings is 1. The first-order valence-electron chi connectivity index (χ1n) is 9.08. The molecule has 0 fully saturated rings. The quantitative estimate of drug-likeness (QED) is 0.348. The van der Waals surface area contributed by atoms with Gasteiger partial charge < -0.3 is 0 Å². The van der Waals surface area contributed by atoms with Crippen LogP contribution < -0.4 is 0 Å². The molecule has 26 heavy (non-hydrogen) atoms. The minimum absolute atomic E-state index is 0.785. The van der Waals surface area contributed by atoms with Crippen LogP contribution in [0.5, 0.6) is 0 Å². The Balaban J connectivity index is 3.15. The zero-order chi connectivity index (χ0) is 19.5. The molecule has 0 heterocycles. The van der Waals surface area contributed by atoms with Gasteiger partial charge in [0.05, 0.1) is 0 Å². The Morgan fingerprint density at radius 2 is 1.77 bits per heavy atom. The molecule has 0 radical (unpaired) electrons. The molecule has 0 amide bonds. The second kappa shape index (κ2) is 11.0. The van der Waals surface area contributed by atoms with Gasteiger partial charge in [-0.25, -0.2) is 0 Å². The molecule has 0 aliphatic heterocycles. The summed E-state index contributed by atoms with van der Waals surface area (Å²) in [6, 6.07) is 8.40. The first-order valence-corrected chi connectivity index (χ1v) is 9.08. The fourth-order valence-electron chi connectivity index (χ4n) is 2.62. The van der Waals surface area contributed by atoms with Crippen LogP contribution in [0.2, 0.25) is 0 Å². The van der Waals surface area contributed by atoms with Gasteiger partial charge >= 0.3 is 0 Å². The predicted molar refractivity (Wildman–Crippen MR) is 120 cm³/mol. The van der Waals surface area contributed by atoms with Gasteiger partial charge in [0.2, 0.25) is 0 Å². The van der Waals surface area contributed by atoms with Crippen molar-refractivity contribution in [3.05, 3.63) is 95.6 Å². The Morgan fingerprint density at radius 1 is 1.08 bits per heavy atom. The molecule has 0 aliphatic carbocycles. The third-order valence-electron chi connectivity index (χ3n) is 4.12. The molecule has 0 aromatic heterocycles. The SMILES string of the molecule is C=C/C(=C\C)c1cccc(C(=C)/C=C\C(=C(C)C)/C(C=NCC)=C/C)c1. The third-order valence-corrected chi connectivity index (χ3v) is 4.12. The van der Waals surface area contributed by atoms with Crippen LogP contribution >= 0.6 is 0 Å². The van der Waals surface area contributed by atoms with Crippen molar-refractivity contribution in [2.45, 2.75) is 34.6 Å². The average Bonchev–Trinajstić information content (AvgIpc) is 2.65. The van der Waals surface area contributed by atoms with E-state index in [2.05, 4.69) is 80.6 Å². The Kier molecular flexibility index (Phi) is 9.08. The highest BCUT2D eigenvalue weighted by Gasteiger charge is 2.03. The molecule has 0 unspecified atom stereocenters. The van der Waals surface area contributed by atoms with Gasteiger partial charge in [-0.3, -0.25) is 4.99 Å². The molecule has 0 spiro atoms. The van der Waals surface area contributed by atoms with Gasteiger partial charge in [-0.05, 0) is 74.1 Å². The fourth-order valence-corrected chi connectivity index (χ4v) is 2.62. The molecule has 0 N–H and O–H groups in total. The van der Waals surface area contributed by atoms with E-state index in [-0.39, 0.29) is 0 Å². The first-order chi connectivity index (χ1) is 12.5. The molecule has 0 bridgehead atoms. The topological polar surface area (TPSA) is 12.4 Å². The summed E-state index contributed by atoms with van der Waals surface area (Å²) in [7, 11) is 0. The van der Waals surface area contributed by atoms with Gasteiger partial charge in [-0.15, -0.1) is 0 Å². The van der Waals surface area contributed by atoms with Crippen molar-refractivity contribution < 1.29 is 0 Å². The zero-order valence-corrected chi connectivity index (χ0v) is 16.8. The number of allylic oxidation sites excluding steroid dienone is 10. The van der Waals surface area contributed by atoms with Crippen molar-refractivity contribution >= 4 is 17.4 Å². The lowest BCUT2D eigenvalue weighted by atomic mass is 9.97. The summed E-state index contributed by atoms with van der Waals surface area (Å²) in [5.74, 6) is 0. The molecule has 1 rings (SSSR count). The monoisotopic (exact) mass is 345 g/mol. The van der Waals surface area contributed by atoms with Crippen molar-refractivity contribution in [2.75, 3.05) is 6.54 Å². The summed E-state index contributed by atoms with van der Waals surface area (Å²) in [5.41, 5.74) is 7.93. The minimum Gasteiger partial charge on any atom is -0.293 e. The van der Waals surface area contributed by atoms with E-state index in [0.717, 1.165) is 34.4 Å². The standard InChI is InChI=1S/C25H31N/c1-8-21(9-2)24-14-12-13-23(17-24)20(7)15-16-25(19(5)6)22(10-3)18-26-11-4/h8-10,12-18H,1,7,11H2,2-6H3/b16-15-,21-9+,22-10+,26-18?. The van der Waals surface area contributed by atoms with Crippen LogP contribution in [0.25, 0.3) is 11.1 Å². The van der Waals surface area contributed by atoms with E-state index in [1.165, 1.54) is 11.1 Å². The average molecular weight is 346 g/mol. The van der Waals surface area contributed by atoms with E-state index < -0.39 is 0 Å². The van der Waals surface area contributed by atoms with Crippen LogP contribution in [0.3, 0.4) is 0 Å². The summed E-state index contributed by atoms with van der Waals surface area (Å²) in [6.07, 6.45) is 12.2. The van der Waals surface area contributed by atoms with E-state index in [1.54, 1.807) is 0 Å². The molecule has 0 atom stereocenters. The van der Waals surface area contributed by atoms with Crippen molar-refractivity contribution in [1.82, 2.24) is 0 Å². The zero-order valence-electron chi connectivity index (χ0n) is 16.8. The number of nitrogens with zero attached hydrogens (tertiary/aromatic N) is 1. The number of rotatable bonds is 8. The van der Waals surface area contributed by atoms with Gasteiger partial charge in [-0.2, -0.15) is 0 Å². The maximum Gasteiger partial charge on any atom is 0.0361 e. The maximum absolute atomic E-state index is 4.38. The highest BCUT2D eigenvalue weighted by molar-refractivity contribution is 5.87. The van der Waals surface area contributed by atoms with Crippen molar-refractivity contribution in [3.63, 3.8) is 0 Å².